The summed E-state index contributed by atoms with van der Waals surface area (Å²) in [5, 5.41) is 13.1. The van der Waals surface area contributed by atoms with Crippen LogP contribution < -0.4 is 10.6 Å². The standard InChI is InChI=1S/C12H12Br2N2O4/c13-7-4-5-8(14)9(6-7)15-12(20)16-10(17)2-1-3-11(18)19/h4-6H,1-3H2,(H,18,19)(H2,15,16,17,20). The number of imide groups is 1. The molecule has 0 saturated heterocycles. The number of aliphatic carboxylic acids is 1. The van der Waals surface area contributed by atoms with E-state index in [1.165, 1.54) is 0 Å². The molecule has 0 fully saturated rings. The van der Waals surface area contributed by atoms with Gasteiger partial charge in [0.05, 0.1) is 5.69 Å². The van der Waals surface area contributed by atoms with Gasteiger partial charge in [-0.2, -0.15) is 0 Å². The van der Waals surface area contributed by atoms with E-state index >= 15 is 0 Å². The lowest BCUT2D eigenvalue weighted by molar-refractivity contribution is -0.137. The molecular formula is C12H12Br2N2O4. The lowest BCUT2D eigenvalue weighted by Gasteiger charge is -2.08. The van der Waals surface area contributed by atoms with E-state index in [0.29, 0.717) is 10.2 Å². The highest BCUT2D eigenvalue weighted by atomic mass is 79.9. The number of carbonyl (C=O) groups excluding carboxylic acids is 2. The summed E-state index contributed by atoms with van der Waals surface area (Å²) in [6.45, 7) is 0. The summed E-state index contributed by atoms with van der Waals surface area (Å²) < 4.78 is 1.46. The number of halogens is 2. The Kier molecular flexibility index (Phi) is 6.66. The van der Waals surface area contributed by atoms with Crippen LogP contribution in [0.15, 0.2) is 27.1 Å². The molecule has 8 heteroatoms. The minimum atomic E-state index is -0.972. The van der Waals surface area contributed by atoms with Gasteiger partial charge in [0.1, 0.15) is 0 Å². The van der Waals surface area contributed by atoms with Gasteiger partial charge in [0.15, 0.2) is 0 Å². The average Bonchev–Trinajstić information content (AvgIpc) is 2.33. The molecule has 1 aromatic rings. The summed E-state index contributed by atoms with van der Waals surface area (Å²) >= 11 is 6.54. The lowest BCUT2D eigenvalue weighted by Crippen LogP contribution is -2.34. The number of nitrogens with one attached hydrogen (secondary N) is 2. The Morgan fingerprint density at radius 3 is 2.50 bits per heavy atom. The van der Waals surface area contributed by atoms with E-state index in [9.17, 15) is 14.4 Å². The van der Waals surface area contributed by atoms with Crippen LogP contribution in [0.1, 0.15) is 19.3 Å². The minimum absolute atomic E-state index is 0.0145. The van der Waals surface area contributed by atoms with Crippen LogP contribution in [0, 0.1) is 0 Å². The first kappa shape index (κ1) is 16.6. The van der Waals surface area contributed by atoms with Crippen LogP contribution in [0.5, 0.6) is 0 Å². The Hall–Kier alpha value is -1.41. The van der Waals surface area contributed by atoms with Crippen LogP contribution in [0.3, 0.4) is 0 Å². The molecule has 0 saturated carbocycles. The second-order valence-electron chi connectivity index (χ2n) is 3.87. The molecule has 0 radical (unpaired) electrons. The third-order valence-electron chi connectivity index (χ3n) is 2.22. The van der Waals surface area contributed by atoms with Crippen molar-refractivity contribution in [2.24, 2.45) is 0 Å². The van der Waals surface area contributed by atoms with Crippen LogP contribution in [0.25, 0.3) is 0 Å². The highest BCUT2D eigenvalue weighted by Crippen LogP contribution is 2.25. The van der Waals surface area contributed by atoms with Gasteiger partial charge < -0.3 is 10.4 Å². The number of urea groups is 1. The number of anilines is 1. The molecule has 0 unspecified atom stereocenters. The first-order valence-electron chi connectivity index (χ1n) is 5.66. The van der Waals surface area contributed by atoms with Crippen molar-refractivity contribution in [2.75, 3.05) is 5.32 Å². The first-order valence-corrected chi connectivity index (χ1v) is 7.25. The topological polar surface area (TPSA) is 95.5 Å². The van der Waals surface area contributed by atoms with Gasteiger partial charge in [-0.15, -0.1) is 0 Å². The van der Waals surface area contributed by atoms with Gasteiger partial charge >= 0.3 is 12.0 Å². The van der Waals surface area contributed by atoms with Gasteiger partial charge in [-0.25, -0.2) is 4.79 Å². The number of rotatable bonds is 5. The summed E-state index contributed by atoms with van der Waals surface area (Å²) in [4.78, 5) is 33.3. The van der Waals surface area contributed by atoms with Crippen LogP contribution >= 0.6 is 31.9 Å². The molecule has 1 rings (SSSR count). The van der Waals surface area contributed by atoms with Crippen molar-refractivity contribution in [1.29, 1.82) is 0 Å². The summed E-state index contributed by atoms with van der Waals surface area (Å²) in [7, 11) is 0. The maximum Gasteiger partial charge on any atom is 0.325 e. The van der Waals surface area contributed by atoms with Crippen LogP contribution in [-0.4, -0.2) is 23.0 Å². The van der Waals surface area contributed by atoms with Crippen molar-refractivity contribution >= 4 is 55.5 Å². The van der Waals surface area contributed by atoms with Crippen LogP contribution in [-0.2, 0) is 9.59 Å². The van der Waals surface area contributed by atoms with Crippen molar-refractivity contribution in [3.05, 3.63) is 27.1 Å². The van der Waals surface area contributed by atoms with E-state index in [2.05, 4.69) is 42.5 Å². The van der Waals surface area contributed by atoms with Crippen LogP contribution in [0.2, 0.25) is 0 Å². The largest absolute Gasteiger partial charge is 0.481 e. The fraction of sp³-hybridized carbons (Fsp3) is 0.250. The molecule has 0 heterocycles. The number of hydrogen-bond donors (Lipinski definition) is 3. The Morgan fingerprint density at radius 1 is 1.15 bits per heavy atom. The third kappa shape index (κ3) is 6.16. The molecule has 1 aromatic carbocycles. The number of benzene rings is 1. The van der Waals surface area contributed by atoms with Crippen LogP contribution in [0.4, 0.5) is 10.5 Å². The summed E-state index contributed by atoms with van der Waals surface area (Å²) in [5.41, 5.74) is 0.509. The van der Waals surface area contributed by atoms with Gasteiger partial charge in [0.25, 0.3) is 0 Å². The second-order valence-corrected chi connectivity index (χ2v) is 5.64. The number of carbonyl (C=O) groups is 3. The van der Waals surface area contributed by atoms with E-state index in [-0.39, 0.29) is 19.3 Å². The maximum absolute atomic E-state index is 11.6. The Bertz CT molecular complexity index is 534. The summed E-state index contributed by atoms with van der Waals surface area (Å²) in [5.74, 6) is -1.49. The Morgan fingerprint density at radius 2 is 1.85 bits per heavy atom. The normalized spacial score (nSPS) is 9.90. The molecule has 0 atom stereocenters. The Labute approximate surface area is 132 Å². The second kappa shape index (κ2) is 8.01. The monoisotopic (exact) mass is 406 g/mol. The molecule has 3 amide bonds. The highest BCUT2D eigenvalue weighted by molar-refractivity contribution is 9.11. The molecule has 0 aromatic heterocycles. The summed E-state index contributed by atoms with van der Waals surface area (Å²) in [6, 6.07) is 4.56. The molecular weight excluding hydrogens is 396 g/mol. The van der Waals surface area contributed by atoms with Gasteiger partial charge in [-0.05, 0) is 40.5 Å². The zero-order chi connectivity index (χ0) is 15.1. The lowest BCUT2D eigenvalue weighted by atomic mass is 10.2. The number of hydrogen-bond acceptors (Lipinski definition) is 3. The van der Waals surface area contributed by atoms with Crippen molar-refractivity contribution in [2.45, 2.75) is 19.3 Å². The van der Waals surface area contributed by atoms with E-state index in [0.717, 1.165) is 4.47 Å². The molecule has 3 N–H and O–H groups in total. The fourth-order valence-electron chi connectivity index (χ4n) is 1.34. The molecule has 6 nitrogen and oxygen atoms in total. The average molecular weight is 408 g/mol. The fourth-order valence-corrected chi connectivity index (χ4v) is 2.04. The molecule has 20 heavy (non-hydrogen) atoms. The van der Waals surface area contributed by atoms with E-state index in [1.807, 2.05) is 0 Å². The molecule has 108 valence electrons. The van der Waals surface area contributed by atoms with Gasteiger partial charge in [0, 0.05) is 21.8 Å². The zero-order valence-corrected chi connectivity index (χ0v) is 13.5. The van der Waals surface area contributed by atoms with Crippen molar-refractivity contribution in [1.82, 2.24) is 5.32 Å². The van der Waals surface area contributed by atoms with Gasteiger partial charge in [0.2, 0.25) is 5.91 Å². The third-order valence-corrected chi connectivity index (χ3v) is 3.41. The van der Waals surface area contributed by atoms with Crippen molar-refractivity contribution in [3.8, 4) is 0 Å². The number of carboxylic acid groups (broad SMARTS) is 1. The smallest absolute Gasteiger partial charge is 0.325 e. The van der Waals surface area contributed by atoms with E-state index in [4.69, 9.17) is 5.11 Å². The highest BCUT2D eigenvalue weighted by Gasteiger charge is 2.10. The predicted octanol–water partition coefficient (Wildman–Crippen LogP) is 3.11. The predicted molar refractivity (Wildman–Crippen MR) is 80.5 cm³/mol. The number of amides is 3. The minimum Gasteiger partial charge on any atom is -0.481 e. The van der Waals surface area contributed by atoms with Crippen molar-refractivity contribution < 1.29 is 19.5 Å². The van der Waals surface area contributed by atoms with E-state index in [1.54, 1.807) is 18.2 Å². The van der Waals surface area contributed by atoms with Crippen molar-refractivity contribution in [3.63, 3.8) is 0 Å². The quantitative estimate of drug-likeness (QED) is 0.698. The van der Waals surface area contributed by atoms with Gasteiger partial charge in [-0.3, -0.25) is 14.9 Å². The molecule has 0 aliphatic carbocycles. The SMILES string of the molecule is O=C(O)CCCC(=O)NC(=O)Nc1cc(Br)ccc1Br. The number of carboxylic acids is 1. The van der Waals surface area contributed by atoms with E-state index < -0.39 is 17.9 Å². The van der Waals surface area contributed by atoms with Gasteiger partial charge in [-0.1, -0.05) is 15.9 Å². The first-order chi connectivity index (χ1) is 9.38. The zero-order valence-electron chi connectivity index (χ0n) is 10.3. The molecule has 0 aliphatic heterocycles. The summed E-state index contributed by atoms with van der Waals surface area (Å²) in [6.07, 6.45) is 0.0701. The Balaban J connectivity index is 2.45. The molecule has 0 aliphatic rings. The maximum atomic E-state index is 11.6. The molecule has 0 spiro atoms. The molecule has 0 bridgehead atoms.